The van der Waals surface area contributed by atoms with E-state index in [1.54, 1.807) is 6.92 Å². The lowest BCUT2D eigenvalue weighted by molar-refractivity contribution is -0.198. The molecule has 1 rings (SSSR count). The number of hydrogen-bond acceptors (Lipinski definition) is 7. The number of esters is 1. The zero-order valence-electron chi connectivity index (χ0n) is 10.5. The summed E-state index contributed by atoms with van der Waals surface area (Å²) in [4.78, 5) is 49.3. The van der Waals surface area contributed by atoms with Crippen molar-refractivity contribution in [2.45, 2.75) is 26.2 Å². The summed E-state index contributed by atoms with van der Waals surface area (Å²) in [5.74, 6) is -3.00. The molecule has 2 amide bonds. The lowest BCUT2D eigenvalue weighted by Gasteiger charge is -2.12. The Morgan fingerprint density at radius 2 is 1.74 bits per heavy atom. The molecule has 0 aromatic carbocycles. The Kier molecular flexibility index (Phi) is 5.94. The molecule has 0 unspecified atom stereocenters. The molecule has 0 saturated carbocycles. The minimum atomic E-state index is -1.01. The van der Waals surface area contributed by atoms with Crippen LogP contribution in [0.3, 0.4) is 0 Å². The van der Waals surface area contributed by atoms with E-state index in [1.807, 2.05) is 0 Å². The summed E-state index contributed by atoms with van der Waals surface area (Å²) in [6, 6.07) is 0. The first-order chi connectivity index (χ1) is 9.04. The maximum absolute atomic E-state index is 11.3. The lowest BCUT2D eigenvalue weighted by Crippen LogP contribution is -2.33. The van der Waals surface area contributed by atoms with Crippen molar-refractivity contribution in [1.29, 1.82) is 0 Å². The second kappa shape index (κ2) is 7.47. The van der Waals surface area contributed by atoms with E-state index in [1.165, 1.54) is 0 Å². The molecule has 0 aromatic heterocycles. The van der Waals surface area contributed by atoms with Crippen LogP contribution in [0.1, 0.15) is 26.2 Å². The van der Waals surface area contributed by atoms with Crippen LogP contribution >= 0.6 is 0 Å². The third kappa shape index (κ3) is 5.04. The van der Waals surface area contributed by atoms with Gasteiger partial charge in [-0.05, 0) is 6.92 Å². The molecule has 1 heterocycles. The van der Waals surface area contributed by atoms with E-state index < -0.39 is 30.2 Å². The molecular formula is C11H15NO7. The molecular weight excluding hydrogens is 258 g/mol. The van der Waals surface area contributed by atoms with Crippen LogP contribution in [0.5, 0.6) is 0 Å². The SMILES string of the molecule is CCOCCOC(=O)CC(=O)ON1C(=O)CCC1=O. The molecule has 1 aliphatic heterocycles. The van der Waals surface area contributed by atoms with Crippen LogP contribution in [0.4, 0.5) is 0 Å². The van der Waals surface area contributed by atoms with Crippen molar-refractivity contribution in [3.63, 3.8) is 0 Å². The van der Waals surface area contributed by atoms with E-state index in [9.17, 15) is 19.2 Å². The van der Waals surface area contributed by atoms with E-state index in [4.69, 9.17) is 4.74 Å². The molecule has 19 heavy (non-hydrogen) atoms. The van der Waals surface area contributed by atoms with Crippen LogP contribution in [0.15, 0.2) is 0 Å². The van der Waals surface area contributed by atoms with Gasteiger partial charge in [0.15, 0.2) is 0 Å². The van der Waals surface area contributed by atoms with Gasteiger partial charge in [0.1, 0.15) is 13.0 Å². The third-order valence-electron chi connectivity index (χ3n) is 2.18. The number of imide groups is 1. The van der Waals surface area contributed by atoms with Gasteiger partial charge in [-0.2, -0.15) is 0 Å². The molecule has 0 bridgehead atoms. The fourth-order valence-electron chi connectivity index (χ4n) is 1.32. The minimum Gasteiger partial charge on any atom is -0.463 e. The van der Waals surface area contributed by atoms with E-state index in [0.29, 0.717) is 11.7 Å². The number of hydrogen-bond donors (Lipinski definition) is 0. The highest BCUT2D eigenvalue weighted by Gasteiger charge is 2.33. The van der Waals surface area contributed by atoms with Crippen LogP contribution in [0.25, 0.3) is 0 Å². The Hall–Kier alpha value is -1.96. The number of nitrogens with zero attached hydrogens (tertiary/aromatic N) is 1. The highest BCUT2D eigenvalue weighted by Crippen LogP contribution is 2.12. The van der Waals surface area contributed by atoms with E-state index in [2.05, 4.69) is 9.57 Å². The number of amides is 2. The number of ether oxygens (including phenoxy) is 2. The predicted octanol–water partition coefficient (Wildman–Crippen LogP) is -0.437. The second-order valence-corrected chi connectivity index (χ2v) is 3.64. The quantitative estimate of drug-likeness (QED) is 0.268. The Bertz CT molecular complexity index is 363. The molecule has 0 aliphatic carbocycles. The minimum absolute atomic E-state index is 0.00488. The fourth-order valence-corrected chi connectivity index (χ4v) is 1.32. The van der Waals surface area contributed by atoms with Gasteiger partial charge >= 0.3 is 11.9 Å². The summed E-state index contributed by atoms with van der Waals surface area (Å²) in [5.41, 5.74) is 0. The first kappa shape index (κ1) is 15.1. The van der Waals surface area contributed by atoms with Crippen LogP contribution in [0, 0.1) is 0 Å². The highest BCUT2D eigenvalue weighted by molar-refractivity contribution is 6.02. The monoisotopic (exact) mass is 273 g/mol. The van der Waals surface area contributed by atoms with Crippen LogP contribution in [-0.2, 0) is 33.5 Å². The number of carbonyl (C=O) groups is 4. The van der Waals surface area contributed by atoms with Gasteiger partial charge in [-0.1, -0.05) is 0 Å². The second-order valence-electron chi connectivity index (χ2n) is 3.64. The summed E-state index contributed by atoms with van der Waals surface area (Å²) in [6.45, 7) is 2.56. The highest BCUT2D eigenvalue weighted by atomic mass is 16.7. The summed E-state index contributed by atoms with van der Waals surface area (Å²) in [5, 5.41) is 0.385. The van der Waals surface area contributed by atoms with Crippen molar-refractivity contribution >= 4 is 23.8 Å². The third-order valence-corrected chi connectivity index (χ3v) is 2.18. The van der Waals surface area contributed by atoms with Crippen LogP contribution < -0.4 is 0 Å². The predicted molar refractivity (Wildman–Crippen MR) is 59.2 cm³/mol. The summed E-state index contributed by atoms with van der Waals surface area (Å²) in [6.07, 6.45) is -0.654. The summed E-state index contributed by atoms with van der Waals surface area (Å²) >= 11 is 0. The molecule has 1 aliphatic rings. The van der Waals surface area contributed by atoms with Gasteiger partial charge in [-0.15, -0.1) is 5.06 Å². The molecule has 8 heteroatoms. The van der Waals surface area contributed by atoms with Gasteiger partial charge < -0.3 is 14.3 Å². The number of carbonyl (C=O) groups excluding carboxylic acids is 4. The standard InChI is InChI=1S/C11H15NO7/c1-2-17-5-6-18-10(15)7-11(16)19-12-8(13)3-4-9(12)14/h2-7H2,1H3. The average Bonchev–Trinajstić information content (AvgIpc) is 2.66. The summed E-state index contributed by atoms with van der Waals surface area (Å²) < 4.78 is 9.61. The Morgan fingerprint density at radius 3 is 2.32 bits per heavy atom. The van der Waals surface area contributed by atoms with Gasteiger partial charge in [0.2, 0.25) is 0 Å². The zero-order valence-corrected chi connectivity index (χ0v) is 10.5. The largest absolute Gasteiger partial charge is 0.463 e. The Morgan fingerprint density at radius 1 is 1.11 bits per heavy atom. The smallest absolute Gasteiger partial charge is 0.344 e. The molecule has 0 N–H and O–H groups in total. The van der Waals surface area contributed by atoms with Crippen LogP contribution in [0.2, 0.25) is 0 Å². The lowest BCUT2D eigenvalue weighted by atomic mass is 10.4. The van der Waals surface area contributed by atoms with Crippen molar-refractivity contribution in [3.8, 4) is 0 Å². The van der Waals surface area contributed by atoms with Gasteiger partial charge in [0.05, 0.1) is 6.61 Å². The van der Waals surface area contributed by atoms with Crippen molar-refractivity contribution in [2.24, 2.45) is 0 Å². The molecule has 0 spiro atoms. The molecule has 1 saturated heterocycles. The van der Waals surface area contributed by atoms with E-state index in [-0.39, 0.29) is 26.1 Å². The maximum Gasteiger partial charge on any atom is 0.344 e. The summed E-state index contributed by atoms with van der Waals surface area (Å²) in [7, 11) is 0. The topological polar surface area (TPSA) is 99.2 Å². The first-order valence-corrected chi connectivity index (χ1v) is 5.84. The van der Waals surface area contributed by atoms with Crippen molar-refractivity contribution in [1.82, 2.24) is 5.06 Å². The molecule has 106 valence electrons. The maximum atomic E-state index is 11.3. The number of hydroxylamine groups is 2. The zero-order chi connectivity index (χ0) is 14.3. The van der Waals surface area contributed by atoms with Crippen LogP contribution in [-0.4, -0.2) is 48.6 Å². The Balaban J connectivity index is 2.25. The van der Waals surface area contributed by atoms with E-state index >= 15 is 0 Å². The van der Waals surface area contributed by atoms with Crippen molar-refractivity contribution < 1.29 is 33.5 Å². The molecule has 0 radical (unpaired) electrons. The fraction of sp³-hybridized carbons (Fsp3) is 0.636. The van der Waals surface area contributed by atoms with Crippen molar-refractivity contribution in [2.75, 3.05) is 19.8 Å². The normalized spacial score (nSPS) is 14.7. The first-order valence-electron chi connectivity index (χ1n) is 5.84. The van der Waals surface area contributed by atoms with Gasteiger partial charge in [-0.25, -0.2) is 4.79 Å². The molecule has 0 atom stereocenters. The molecule has 8 nitrogen and oxygen atoms in total. The average molecular weight is 273 g/mol. The van der Waals surface area contributed by atoms with Gasteiger partial charge in [0.25, 0.3) is 11.8 Å². The molecule has 0 aromatic rings. The molecule has 1 fully saturated rings. The van der Waals surface area contributed by atoms with Gasteiger partial charge in [-0.3, -0.25) is 14.4 Å². The van der Waals surface area contributed by atoms with E-state index in [0.717, 1.165) is 0 Å². The number of rotatable bonds is 7. The van der Waals surface area contributed by atoms with Crippen molar-refractivity contribution in [3.05, 3.63) is 0 Å². The van der Waals surface area contributed by atoms with Gasteiger partial charge in [0, 0.05) is 19.4 Å². The Labute approximate surface area is 109 Å².